The minimum absolute atomic E-state index is 0.771. The topological polar surface area (TPSA) is 41.6 Å². The second-order valence-electron chi connectivity index (χ2n) is 4.94. The molecule has 0 spiro atoms. The van der Waals surface area contributed by atoms with Crippen LogP contribution in [0.3, 0.4) is 0 Å². The average molecular weight is 259 g/mol. The van der Waals surface area contributed by atoms with Crippen LogP contribution in [0.15, 0.2) is 54.6 Å². The minimum atomic E-state index is 0.771. The number of hydrogen-bond donors (Lipinski definition) is 1. The third kappa shape index (κ3) is 1.67. The number of nitrogens with one attached hydrogen (secondary N) is 1. The van der Waals surface area contributed by atoms with Crippen molar-refractivity contribution in [1.29, 1.82) is 0 Å². The van der Waals surface area contributed by atoms with E-state index in [4.69, 9.17) is 0 Å². The number of pyridine rings is 1. The van der Waals surface area contributed by atoms with Crippen LogP contribution in [0, 0.1) is 6.92 Å². The van der Waals surface area contributed by atoms with Crippen LogP contribution in [0.1, 0.15) is 5.69 Å². The number of benzene rings is 2. The van der Waals surface area contributed by atoms with Crippen LogP contribution in [0.2, 0.25) is 0 Å². The zero-order chi connectivity index (χ0) is 13.5. The van der Waals surface area contributed by atoms with Crippen molar-refractivity contribution in [1.82, 2.24) is 15.0 Å². The van der Waals surface area contributed by atoms with Gasteiger partial charge in [-0.15, -0.1) is 0 Å². The fourth-order valence-corrected chi connectivity index (χ4v) is 2.55. The highest BCUT2D eigenvalue weighted by molar-refractivity contribution is 5.96. The lowest BCUT2D eigenvalue weighted by atomic mass is 10.0. The highest BCUT2D eigenvalue weighted by atomic mass is 15.0. The Balaban J connectivity index is 2.01. The lowest BCUT2D eigenvalue weighted by molar-refractivity contribution is 1.22. The van der Waals surface area contributed by atoms with Gasteiger partial charge in [0.15, 0.2) is 5.65 Å². The third-order valence-electron chi connectivity index (χ3n) is 3.53. The van der Waals surface area contributed by atoms with Crippen LogP contribution in [0.4, 0.5) is 0 Å². The van der Waals surface area contributed by atoms with E-state index in [1.54, 1.807) is 0 Å². The van der Waals surface area contributed by atoms with Crippen LogP contribution in [-0.4, -0.2) is 15.0 Å². The maximum atomic E-state index is 4.63. The molecular weight excluding hydrogens is 246 g/mol. The first-order chi connectivity index (χ1) is 9.81. The molecule has 0 bridgehead atoms. The van der Waals surface area contributed by atoms with Crippen molar-refractivity contribution in [2.45, 2.75) is 6.92 Å². The Bertz CT molecular complexity index is 916. The molecule has 2 heterocycles. The van der Waals surface area contributed by atoms with Gasteiger partial charge in [-0.3, -0.25) is 0 Å². The summed E-state index contributed by atoms with van der Waals surface area (Å²) in [5.74, 6) is 0.870. The summed E-state index contributed by atoms with van der Waals surface area (Å²) in [4.78, 5) is 12.4. The summed E-state index contributed by atoms with van der Waals surface area (Å²) in [6, 6.07) is 18.6. The summed E-state index contributed by atoms with van der Waals surface area (Å²) in [5, 5.41) is 2.42. The van der Waals surface area contributed by atoms with Crippen molar-refractivity contribution < 1.29 is 0 Å². The molecule has 3 nitrogen and oxygen atoms in total. The fraction of sp³-hybridized carbons (Fsp3) is 0.0588. The molecule has 0 saturated heterocycles. The lowest BCUT2D eigenvalue weighted by Gasteiger charge is -2.02. The molecule has 96 valence electrons. The molecular formula is C17H13N3. The highest BCUT2D eigenvalue weighted by Crippen LogP contribution is 2.27. The molecule has 3 heteroatoms. The van der Waals surface area contributed by atoms with Gasteiger partial charge in [-0.25, -0.2) is 9.97 Å². The predicted octanol–water partition coefficient (Wildman–Crippen LogP) is 4.09. The van der Waals surface area contributed by atoms with Crippen molar-refractivity contribution in [3.63, 3.8) is 0 Å². The molecule has 0 fully saturated rings. The van der Waals surface area contributed by atoms with Gasteiger partial charge in [-0.05, 0) is 29.8 Å². The molecule has 1 N–H and O–H groups in total. The largest absolute Gasteiger partial charge is 0.337 e. The molecule has 0 aliphatic carbocycles. The molecule has 0 unspecified atom stereocenters. The van der Waals surface area contributed by atoms with Crippen LogP contribution in [0.5, 0.6) is 0 Å². The lowest BCUT2D eigenvalue weighted by Crippen LogP contribution is -1.83. The Hall–Kier alpha value is -2.68. The molecule has 4 rings (SSSR count). The summed E-state index contributed by atoms with van der Waals surface area (Å²) in [6.45, 7) is 1.98. The molecule has 0 radical (unpaired) electrons. The maximum absolute atomic E-state index is 4.63. The van der Waals surface area contributed by atoms with E-state index in [9.17, 15) is 0 Å². The van der Waals surface area contributed by atoms with E-state index in [0.717, 1.165) is 28.2 Å². The number of H-pyrrole nitrogens is 1. The van der Waals surface area contributed by atoms with E-state index < -0.39 is 0 Å². The fourth-order valence-electron chi connectivity index (χ4n) is 2.55. The number of rotatable bonds is 1. The van der Waals surface area contributed by atoms with Crippen molar-refractivity contribution >= 4 is 21.9 Å². The number of nitrogens with zero attached hydrogens (tertiary/aromatic N) is 2. The Kier molecular flexibility index (Phi) is 2.33. The second-order valence-corrected chi connectivity index (χ2v) is 4.94. The highest BCUT2D eigenvalue weighted by Gasteiger charge is 2.09. The van der Waals surface area contributed by atoms with Gasteiger partial charge in [0.05, 0.1) is 5.52 Å². The Morgan fingerprint density at radius 2 is 1.70 bits per heavy atom. The average Bonchev–Trinajstić information content (AvgIpc) is 2.89. The Morgan fingerprint density at radius 3 is 2.65 bits per heavy atom. The van der Waals surface area contributed by atoms with E-state index in [1.165, 1.54) is 10.8 Å². The first-order valence-corrected chi connectivity index (χ1v) is 6.63. The number of fused-ring (bicyclic) bond motifs is 2. The van der Waals surface area contributed by atoms with E-state index in [-0.39, 0.29) is 0 Å². The van der Waals surface area contributed by atoms with Gasteiger partial charge < -0.3 is 4.98 Å². The Morgan fingerprint density at radius 1 is 0.850 bits per heavy atom. The summed E-state index contributed by atoms with van der Waals surface area (Å²) >= 11 is 0. The minimum Gasteiger partial charge on any atom is -0.337 e. The van der Waals surface area contributed by atoms with Gasteiger partial charge in [0.25, 0.3) is 0 Å². The molecule has 0 amide bonds. The summed E-state index contributed by atoms with van der Waals surface area (Å²) in [5.41, 5.74) is 3.83. The zero-order valence-electron chi connectivity index (χ0n) is 11.1. The molecule has 4 aromatic rings. The zero-order valence-corrected chi connectivity index (χ0v) is 11.1. The molecule has 20 heavy (non-hydrogen) atoms. The molecule has 0 saturated carbocycles. The van der Waals surface area contributed by atoms with Gasteiger partial charge in [0.2, 0.25) is 0 Å². The smallest absolute Gasteiger partial charge is 0.178 e. The summed E-state index contributed by atoms with van der Waals surface area (Å²) < 4.78 is 0. The van der Waals surface area contributed by atoms with Gasteiger partial charge in [0, 0.05) is 11.3 Å². The number of aryl methyl sites for hydroxylation is 1. The van der Waals surface area contributed by atoms with E-state index in [1.807, 2.05) is 19.1 Å². The van der Waals surface area contributed by atoms with Crippen LogP contribution < -0.4 is 0 Å². The molecule has 2 aromatic heterocycles. The maximum Gasteiger partial charge on any atom is 0.178 e. The first-order valence-electron chi connectivity index (χ1n) is 6.63. The van der Waals surface area contributed by atoms with Crippen molar-refractivity contribution in [3.8, 4) is 11.4 Å². The number of hydrogen-bond acceptors (Lipinski definition) is 2. The van der Waals surface area contributed by atoms with E-state index >= 15 is 0 Å². The number of aromatic nitrogens is 3. The van der Waals surface area contributed by atoms with Crippen molar-refractivity contribution in [2.75, 3.05) is 0 Å². The van der Waals surface area contributed by atoms with Crippen molar-refractivity contribution in [2.24, 2.45) is 0 Å². The predicted molar refractivity (Wildman–Crippen MR) is 81.6 cm³/mol. The number of aromatic amines is 1. The monoisotopic (exact) mass is 259 g/mol. The number of imidazole rings is 1. The quantitative estimate of drug-likeness (QED) is 0.559. The van der Waals surface area contributed by atoms with Gasteiger partial charge in [-0.1, -0.05) is 42.5 Å². The molecule has 0 atom stereocenters. The van der Waals surface area contributed by atoms with Gasteiger partial charge in [-0.2, -0.15) is 0 Å². The molecule has 2 aromatic carbocycles. The van der Waals surface area contributed by atoms with E-state index in [2.05, 4.69) is 57.4 Å². The van der Waals surface area contributed by atoms with Gasteiger partial charge in [0.1, 0.15) is 5.82 Å². The van der Waals surface area contributed by atoms with Crippen LogP contribution >= 0.6 is 0 Å². The summed E-state index contributed by atoms with van der Waals surface area (Å²) in [6.07, 6.45) is 0. The SMILES string of the molecule is Cc1ccc2[nH]c(-c3cccc4ccccc34)nc2n1. The normalized spacial score (nSPS) is 11.2. The second kappa shape index (κ2) is 4.17. The van der Waals surface area contributed by atoms with E-state index in [0.29, 0.717) is 0 Å². The summed E-state index contributed by atoms with van der Waals surface area (Å²) in [7, 11) is 0. The molecule has 0 aliphatic rings. The first kappa shape index (κ1) is 11.2. The Labute approximate surface area is 116 Å². The van der Waals surface area contributed by atoms with Crippen molar-refractivity contribution in [3.05, 3.63) is 60.3 Å². The standard InChI is InChI=1S/C17H13N3/c1-11-9-10-15-17(18-11)20-16(19-15)14-8-4-6-12-5-2-3-7-13(12)14/h2-10H,1H3,(H,18,19,20). The van der Waals surface area contributed by atoms with Gasteiger partial charge >= 0.3 is 0 Å². The van der Waals surface area contributed by atoms with Crippen LogP contribution in [-0.2, 0) is 0 Å². The van der Waals surface area contributed by atoms with Crippen LogP contribution in [0.25, 0.3) is 33.3 Å². The third-order valence-corrected chi connectivity index (χ3v) is 3.53. The molecule has 0 aliphatic heterocycles.